The molecule has 3 rings (SSSR count). The first-order valence-electron chi connectivity index (χ1n) is 8.65. The standard InChI is InChI=1S/C17H27N5O2/c1-21(2)16-10-18-14(9-19-16)17(23)20-13-5-4-6-15(13)22-8-7-12(11-22)24-3/h9-10,12-13,15H,4-8,11H2,1-3H3,(H,20,23)/t12?,13-,15+/m1/s1. The Morgan fingerprint density at radius 3 is 2.75 bits per heavy atom. The third-order valence-corrected chi connectivity index (χ3v) is 5.10. The van der Waals surface area contributed by atoms with Crippen molar-refractivity contribution in [1.29, 1.82) is 0 Å². The highest BCUT2D eigenvalue weighted by molar-refractivity contribution is 5.92. The van der Waals surface area contributed by atoms with E-state index in [4.69, 9.17) is 4.74 Å². The predicted molar refractivity (Wildman–Crippen MR) is 92.2 cm³/mol. The van der Waals surface area contributed by atoms with E-state index in [0.29, 0.717) is 17.8 Å². The second kappa shape index (κ2) is 7.44. The van der Waals surface area contributed by atoms with Gasteiger partial charge in [-0.1, -0.05) is 0 Å². The third-order valence-electron chi connectivity index (χ3n) is 5.10. The fourth-order valence-electron chi connectivity index (χ4n) is 3.71. The molecule has 1 saturated carbocycles. The van der Waals surface area contributed by atoms with Crippen molar-refractivity contribution in [3.05, 3.63) is 18.1 Å². The maximum atomic E-state index is 12.5. The van der Waals surface area contributed by atoms with Gasteiger partial charge in [0.05, 0.1) is 18.5 Å². The lowest BCUT2D eigenvalue weighted by Gasteiger charge is -2.29. The molecular weight excluding hydrogens is 306 g/mol. The highest BCUT2D eigenvalue weighted by atomic mass is 16.5. The molecule has 3 atom stereocenters. The molecule has 1 aliphatic heterocycles. The van der Waals surface area contributed by atoms with Crippen LogP contribution in [0, 0.1) is 0 Å². The Kier molecular flexibility index (Phi) is 5.30. The van der Waals surface area contributed by atoms with Gasteiger partial charge in [-0.05, 0) is 25.7 Å². The number of likely N-dealkylation sites (tertiary alicyclic amines) is 1. The van der Waals surface area contributed by atoms with Crippen molar-refractivity contribution in [2.75, 3.05) is 39.2 Å². The van der Waals surface area contributed by atoms with Gasteiger partial charge >= 0.3 is 0 Å². The molecule has 1 aliphatic carbocycles. The minimum atomic E-state index is -0.132. The quantitative estimate of drug-likeness (QED) is 0.864. The van der Waals surface area contributed by atoms with Gasteiger partial charge < -0.3 is 15.0 Å². The summed E-state index contributed by atoms with van der Waals surface area (Å²) in [6, 6.07) is 0.589. The summed E-state index contributed by atoms with van der Waals surface area (Å²) in [5.41, 5.74) is 0.377. The van der Waals surface area contributed by atoms with Gasteiger partial charge in [-0.3, -0.25) is 9.69 Å². The first kappa shape index (κ1) is 17.1. The van der Waals surface area contributed by atoms with Gasteiger partial charge in [-0.15, -0.1) is 0 Å². The van der Waals surface area contributed by atoms with E-state index in [0.717, 1.165) is 44.6 Å². The van der Waals surface area contributed by atoms with Crippen LogP contribution in [0.3, 0.4) is 0 Å². The number of nitrogens with one attached hydrogen (secondary N) is 1. The summed E-state index contributed by atoms with van der Waals surface area (Å²) in [5.74, 6) is 0.611. The average Bonchev–Trinajstić information content (AvgIpc) is 3.23. The molecule has 24 heavy (non-hydrogen) atoms. The minimum Gasteiger partial charge on any atom is -0.380 e. The summed E-state index contributed by atoms with van der Waals surface area (Å²) in [6.45, 7) is 2.01. The number of nitrogens with zero attached hydrogens (tertiary/aromatic N) is 4. The molecule has 0 bridgehead atoms. The van der Waals surface area contributed by atoms with E-state index in [1.165, 1.54) is 0 Å². The van der Waals surface area contributed by atoms with E-state index < -0.39 is 0 Å². The Morgan fingerprint density at radius 1 is 1.29 bits per heavy atom. The van der Waals surface area contributed by atoms with E-state index in [-0.39, 0.29) is 11.9 Å². The zero-order valence-electron chi connectivity index (χ0n) is 14.7. The lowest BCUT2D eigenvalue weighted by molar-refractivity contribution is 0.0869. The smallest absolute Gasteiger partial charge is 0.271 e. The average molecular weight is 333 g/mol. The molecule has 1 N–H and O–H groups in total. The largest absolute Gasteiger partial charge is 0.380 e. The third kappa shape index (κ3) is 3.67. The summed E-state index contributed by atoms with van der Waals surface area (Å²) in [5, 5.41) is 3.17. The number of hydrogen-bond donors (Lipinski definition) is 1. The number of aromatic nitrogens is 2. The summed E-state index contributed by atoms with van der Waals surface area (Å²) in [6.07, 6.45) is 7.88. The van der Waals surface area contributed by atoms with Crippen molar-refractivity contribution in [2.24, 2.45) is 0 Å². The highest BCUT2D eigenvalue weighted by Crippen LogP contribution is 2.28. The molecule has 2 fully saturated rings. The second-order valence-corrected chi connectivity index (χ2v) is 6.87. The first-order chi connectivity index (χ1) is 11.6. The molecule has 1 aromatic rings. The zero-order valence-corrected chi connectivity index (χ0v) is 14.7. The van der Waals surface area contributed by atoms with E-state index in [9.17, 15) is 4.79 Å². The molecule has 1 aromatic heterocycles. The number of rotatable bonds is 5. The molecule has 7 nitrogen and oxygen atoms in total. The molecular formula is C17H27N5O2. The van der Waals surface area contributed by atoms with E-state index in [1.807, 2.05) is 19.0 Å². The molecule has 0 aromatic carbocycles. The number of carbonyl (C=O) groups is 1. The molecule has 7 heteroatoms. The fourth-order valence-corrected chi connectivity index (χ4v) is 3.71. The summed E-state index contributed by atoms with van der Waals surface area (Å²) in [7, 11) is 5.57. The van der Waals surface area contributed by atoms with Crippen LogP contribution in [0.5, 0.6) is 0 Å². The number of amides is 1. The van der Waals surface area contributed by atoms with Crippen molar-refractivity contribution in [1.82, 2.24) is 20.2 Å². The van der Waals surface area contributed by atoms with Crippen LogP contribution >= 0.6 is 0 Å². The minimum absolute atomic E-state index is 0.132. The SMILES string of the molecule is COC1CCN([C@H]2CCC[C@H]2NC(=O)c2cnc(N(C)C)cn2)C1. The number of carbonyl (C=O) groups excluding carboxylic acids is 1. The first-order valence-corrected chi connectivity index (χ1v) is 8.65. The van der Waals surface area contributed by atoms with Gasteiger partial charge in [-0.2, -0.15) is 0 Å². The van der Waals surface area contributed by atoms with Crippen LogP contribution in [-0.2, 0) is 4.74 Å². The monoisotopic (exact) mass is 333 g/mol. The van der Waals surface area contributed by atoms with Crippen LogP contribution < -0.4 is 10.2 Å². The predicted octanol–water partition coefficient (Wildman–Crippen LogP) is 0.914. The molecule has 0 spiro atoms. The Hall–Kier alpha value is -1.73. The van der Waals surface area contributed by atoms with Gasteiger partial charge in [0.2, 0.25) is 0 Å². The van der Waals surface area contributed by atoms with Gasteiger partial charge in [0.25, 0.3) is 5.91 Å². The molecule has 2 heterocycles. The molecule has 2 aliphatic rings. The van der Waals surface area contributed by atoms with Gasteiger partial charge in [0.15, 0.2) is 0 Å². The number of ether oxygens (including phenoxy) is 1. The summed E-state index contributed by atoms with van der Waals surface area (Å²) >= 11 is 0. The van der Waals surface area contributed by atoms with E-state index in [2.05, 4.69) is 20.2 Å². The number of anilines is 1. The normalized spacial score (nSPS) is 27.4. The topological polar surface area (TPSA) is 70.6 Å². The van der Waals surface area contributed by atoms with Gasteiger partial charge in [-0.25, -0.2) is 9.97 Å². The number of hydrogen-bond acceptors (Lipinski definition) is 6. The Balaban J connectivity index is 1.60. The van der Waals surface area contributed by atoms with Crippen molar-refractivity contribution in [3.8, 4) is 0 Å². The maximum Gasteiger partial charge on any atom is 0.271 e. The lowest BCUT2D eigenvalue weighted by atomic mass is 10.1. The summed E-state index contributed by atoms with van der Waals surface area (Å²) < 4.78 is 5.47. The molecule has 1 saturated heterocycles. The fraction of sp³-hybridized carbons (Fsp3) is 0.706. The van der Waals surface area contributed by atoms with Crippen LogP contribution in [0.25, 0.3) is 0 Å². The number of methoxy groups -OCH3 is 1. The molecule has 132 valence electrons. The van der Waals surface area contributed by atoms with Crippen LogP contribution in [0.4, 0.5) is 5.82 Å². The highest BCUT2D eigenvalue weighted by Gasteiger charge is 2.37. The molecule has 1 amide bonds. The van der Waals surface area contributed by atoms with Crippen molar-refractivity contribution in [2.45, 2.75) is 43.9 Å². The van der Waals surface area contributed by atoms with E-state index in [1.54, 1.807) is 19.5 Å². The van der Waals surface area contributed by atoms with Gasteiger partial charge in [0.1, 0.15) is 11.5 Å². The van der Waals surface area contributed by atoms with Crippen LogP contribution in [0.2, 0.25) is 0 Å². The lowest BCUT2D eigenvalue weighted by Crippen LogP contribution is -2.48. The van der Waals surface area contributed by atoms with Crippen molar-refractivity contribution < 1.29 is 9.53 Å². The van der Waals surface area contributed by atoms with Crippen LogP contribution in [0.1, 0.15) is 36.2 Å². The van der Waals surface area contributed by atoms with Crippen molar-refractivity contribution in [3.63, 3.8) is 0 Å². The van der Waals surface area contributed by atoms with Crippen molar-refractivity contribution >= 4 is 11.7 Å². The zero-order chi connectivity index (χ0) is 17.1. The second-order valence-electron chi connectivity index (χ2n) is 6.87. The Morgan fingerprint density at radius 2 is 2.12 bits per heavy atom. The maximum absolute atomic E-state index is 12.5. The molecule has 1 unspecified atom stereocenters. The van der Waals surface area contributed by atoms with Crippen LogP contribution in [-0.4, -0.2) is 73.3 Å². The van der Waals surface area contributed by atoms with Crippen LogP contribution in [0.15, 0.2) is 12.4 Å². The van der Waals surface area contributed by atoms with Gasteiger partial charge in [0, 0.05) is 46.4 Å². The summed E-state index contributed by atoms with van der Waals surface area (Å²) in [4.78, 5) is 25.3. The molecule has 0 radical (unpaired) electrons. The van der Waals surface area contributed by atoms with E-state index >= 15 is 0 Å². The Bertz CT molecular complexity index is 563. The Labute approximate surface area is 143 Å².